The Bertz CT molecular complexity index is 1220. The van der Waals surface area contributed by atoms with Crippen LogP contribution < -0.4 is 10.6 Å². The number of amides is 2. The van der Waals surface area contributed by atoms with Crippen LogP contribution in [0.5, 0.6) is 0 Å². The van der Waals surface area contributed by atoms with Crippen molar-refractivity contribution in [3.8, 4) is 0 Å². The first-order valence-electron chi connectivity index (χ1n) is 10.5. The molecule has 1 heterocycles. The first kappa shape index (κ1) is 25.8. The SMILES string of the molecule is C=CCn1c(CC(=O)Nc2cccc(Cl)c2Cl)nnc1SCC(=O)Nc1c(C)cc(C)cc1C. The molecule has 0 saturated heterocycles. The largest absolute Gasteiger partial charge is 0.325 e. The molecular weight excluding hydrogens is 493 g/mol. The smallest absolute Gasteiger partial charge is 0.234 e. The quantitative estimate of drug-likeness (QED) is 0.284. The fourth-order valence-corrected chi connectivity index (χ4v) is 4.60. The summed E-state index contributed by atoms with van der Waals surface area (Å²) < 4.78 is 1.76. The minimum Gasteiger partial charge on any atom is -0.325 e. The number of halogens is 2. The zero-order valence-electron chi connectivity index (χ0n) is 19.1. The van der Waals surface area contributed by atoms with Crippen molar-refractivity contribution in [3.05, 3.63) is 75.5 Å². The third kappa shape index (κ3) is 6.40. The summed E-state index contributed by atoms with van der Waals surface area (Å²) in [6, 6.07) is 9.07. The molecule has 10 heteroatoms. The highest BCUT2D eigenvalue weighted by molar-refractivity contribution is 7.99. The number of nitrogens with one attached hydrogen (secondary N) is 2. The van der Waals surface area contributed by atoms with E-state index in [0.717, 1.165) is 22.4 Å². The van der Waals surface area contributed by atoms with E-state index in [1.165, 1.54) is 11.8 Å². The highest BCUT2D eigenvalue weighted by atomic mass is 35.5. The maximum absolute atomic E-state index is 12.6. The maximum atomic E-state index is 12.6. The van der Waals surface area contributed by atoms with Gasteiger partial charge >= 0.3 is 0 Å². The number of anilines is 2. The standard InChI is InChI=1S/C24H25Cl2N5O2S/c1-5-9-31-19(12-20(32)27-18-8-6-7-17(25)22(18)26)29-30-24(31)34-13-21(33)28-23-15(3)10-14(2)11-16(23)4/h5-8,10-11H,1,9,12-13H2,2-4H3,(H,27,32)(H,28,33). The van der Waals surface area contributed by atoms with E-state index < -0.39 is 0 Å². The molecule has 3 rings (SSSR count). The van der Waals surface area contributed by atoms with Crippen LogP contribution in [-0.2, 0) is 22.6 Å². The number of carbonyl (C=O) groups excluding carboxylic acids is 2. The van der Waals surface area contributed by atoms with Crippen LogP contribution in [0.25, 0.3) is 0 Å². The minimum absolute atomic E-state index is 0.0296. The second kappa shape index (κ2) is 11.6. The molecule has 2 aromatic carbocycles. The van der Waals surface area contributed by atoms with Crippen LogP contribution >= 0.6 is 35.0 Å². The van der Waals surface area contributed by atoms with E-state index in [1.807, 2.05) is 32.9 Å². The number of allylic oxidation sites excluding steroid dienone is 1. The van der Waals surface area contributed by atoms with Gasteiger partial charge in [-0.3, -0.25) is 9.59 Å². The Kier molecular flexibility index (Phi) is 8.77. The van der Waals surface area contributed by atoms with Crippen LogP contribution in [0.15, 0.2) is 48.1 Å². The average Bonchev–Trinajstić information content (AvgIpc) is 3.14. The van der Waals surface area contributed by atoms with Gasteiger partial charge in [-0.2, -0.15) is 0 Å². The van der Waals surface area contributed by atoms with Crippen LogP contribution in [0.2, 0.25) is 10.0 Å². The molecule has 1 aromatic heterocycles. The Labute approximate surface area is 212 Å². The molecule has 0 aliphatic heterocycles. The van der Waals surface area contributed by atoms with Crippen LogP contribution in [0.3, 0.4) is 0 Å². The number of rotatable bonds is 9. The van der Waals surface area contributed by atoms with E-state index in [1.54, 1.807) is 28.8 Å². The molecule has 2 N–H and O–H groups in total. The second-order valence-electron chi connectivity index (χ2n) is 7.73. The fourth-order valence-electron chi connectivity index (χ4n) is 3.49. The number of aromatic nitrogens is 3. The third-order valence-corrected chi connectivity index (χ3v) is 6.71. The lowest BCUT2D eigenvalue weighted by Crippen LogP contribution is -2.18. The van der Waals surface area contributed by atoms with Gasteiger partial charge in [0, 0.05) is 12.2 Å². The number of hydrogen-bond donors (Lipinski definition) is 2. The minimum atomic E-state index is -0.318. The van der Waals surface area contributed by atoms with Gasteiger partial charge in [0.05, 0.1) is 27.9 Å². The Balaban J connectivity index is 1.66. The summed E-state index contributed by atoms with van der Waals surface area (Å²) in [6.07, 6.45) is 1.65. The van der Waals surface area contributed by atoms with Crippen molar-refractivity contribution in [2.24, 2.45) is 0 Å². The summed E-state index contributed by atoms with van der Waals surface area (Å²) in [4.78, 5) is 25.2. The highest BCUT2D eigenvalue weighted by Gasteiger charge is 2.18. The number of nitrogens with zero attached hydrogens (tertiary/aromatic N) is 3. The van der Waals surface area contributed by atoms with Crippen molar-refractivity contribution in [3.63, 3.8) is 0 Å². The lowest BCUT2D eigenvalue weighted by molar-refractivity contribution is -0.116. The van der Waals surface area contributed by atoms with E-state index >= 15 is 0 Å². The van der Waals surface area contributed by atoms with E-state index in [9.17, 15) is 9.59 Å². The molecule has 2 amide bonds. The summed E-state index contributed by atoms with van der Waals surface area (Å²) in [5, 5.41) is 15.2. The monoisotopic (exact) mass is 517 g/mol. The van der Waals surface area contributed by atoms with Crippen molar-refractivity contribution >= 4 is 58.2 Å². The molecule has 0 aliphatic carbocycles. The van der Waals surface area contributed by atoms with Crippen LogP contribution in [0.1, 0.15) is 22.5 Å². The molecular formula is C24H25Cl2N5O2S. The molecule has 0 bridgehead atoms. The molecule has 3 aromatic rings. The summed E-state index contributed by atoms with van der Waals surface area (Å²) in [7, 11) is 0. The molecule has 178 valence electrons. The Morgan fingerprint density at radius 3 is 2.47 bits per heavy atom. The number of carbonyl (C=O) groups is 2. The summed E-state index contributed by atoms with van der Waals surface area (Å²) in [6.45, 7) is 10.1. The van der Waals surface area contributed by atoms with E-state index in [0.29, 0.717) is 28.2 Å². The molecule has 0 spiro atoms. The van der Waals surface area contributed by atoms with Gasteiger partial charge in [0.2, 0.25) is 11.8 Å². The third-order valence-electron chi connectivity index (χ3n) is 4.92. The molecule has 34 heavy (non-hydrogen) atoms. The van der Waals surface area contributed by atoms with Gasteiger partial charge in [-0.05, 0) is 44.0 Å². The molecule has 0 fully saturated rings. The van der Waals surface area contributed by atoms with Crippen molar-refractivity contribution in [2.75, 3.05) is 16.4 Å². The maximum Gasteiger partial charge on any atom is 0.234 e. The molecule has 0 unspecified atom stereocenters. The second-order valence-corrected chi connectivity index (χ2v) is 9.46. The molecule has 0 aliphatic rings. The van der Waals surface area contributed by atoms with Gasteiger partial charge in [-0.25, -0.2) is 0 Å². The van der Waals surface area contributed by atoms with Crippen LogP contribution in [-0.4, -0.2) is 32.3 Å². The van der Waals surface area contributed by atoms with Crippen molar-refractivity contribution < 1.29 is 9.59 Å². The van der Waals surface area contributed by atoms with Crippen molar-refractivity contribution in [2.45, 2.75) is 38.9 Å². The van der Waals surface area contributed by atoms with Crippen LogP contribution in [0.4, 0.5) is 11.4 Å². The number of thioether (sulfide) groups is 1. The number of hydrogen-bond acceptors (Lipinski definition) is 5. The Hall–Kier alpha value is -2.81. The molecule has 0 atom stereocenters. The fraction of sp³-hybridized carbons (Fsp3) is 0.250. The highest BCUT2D eigenvalue weighted by Crippen LogP contribution is 2.29. The van der Waals surface area contributed by atoms with Crippen LogP contribution in [0, 0.1) is 20.8 Å². The van der Waals surface area contributed by atoms with Gasteiger partial charge in [-0.15, -0.1) is 16.8 Å². The van der Waals surface area contributed by atoms with Gasteiger partial charge in [0.15, 0.2) is 5.16 Å². The predicted octanol–water partition coefficient (Wildman–Crippen LogP) is 5.61. The molecule has 0 saturated carbocycles. The summed E-state index contributed by atoms with van der Waals surface area (Å²) >= 11 is 13.4. The summed E-state index contributed by atoms with van der Waals surface area (Å²) in [5.41, 5.74) is 4.41. The van der Waals surface area contributed by atoms with Gasteiger partial charge in [-0.1, -0.05) is 64.8 Å². The topological polar surface area (TPSA) is 88.9 Å². The average molecular weight is 518 g/mol. The lowest BCUT2D eigenvalue weighted by atomic mass is 10.1. The molecule has 0 radical (unpaired) electrons. The zero-order chi connectivity index (χ0) is 24.8. The van der Waals surface area contributed by atoms with E-state index in [-0.39, 0.29) is 29.0 Å². The Morgan fingerprint density at radius 1 is 1.09 bits per heavy atom. The van der Waals surface area contributed by atoms with Gasteiger partial charge < -0.3 is 15.2 Å². The summed E-state index contributed by atoms with van der Waals surface area (Å²) in [5.74, 6) is 0.125. The molecule has 7 nitrogen and oxygen atoms in total. The number of benzene rings is 2. The van der Waals surface area contributed by atoms with Gasteiger partial charge in [0.25, 0.3) is 0 Å². The van der Waals surface area contributed by atoms with E-state index in [4.69, 9.17) is 23.2 Å². The van der Waals surface area contributed by atoms with Crippen molar-refractivity contribution in [1.82, 2.24) is 14.8 Å². The van der Waals surface area contributed by atoms with E-state index in [2.05, 4.69) is 27.4 Å². The van der Waals surface area contributed by atoms with Gasteiger partial charge in [0.1, 0.15) is 5.82 Å². The predicted molar refractivity (Wildman–Crippen MR) is 139 cm³/mol. The normalized spacial score (nSPS) is 10.7. The lowest BCUT2D eigenvalue weighted by Gasteiger charge is -2.13. The number of aryl methyl sites for hydroxylation is 3. The first-order chi connectivity index (χ1) is 16.2. The zero-order valence-corrected chi connectivity index (χ0v) is 21.4. The van der Waals surface area contributed by atoms with Crippen molar-refractivity contribution in [1.29, 1.82) is 0 Å². The first-order valence-corrected chi connectivity index (χ1v) is 12.2. The Morgan fingerprint density at radius 2 is 1.79 bits per heavy atom.